The highest BCUT2D eigenvalue weighted by Crippen LogP contribution is 2.11. The minimum atomic E-state index is 0.916. The van der Waals surface area contributed by atoms with Crippen LogP contribution < -0.4 is 0 Å². The molecule has 0 bridgehead atoms. The van der Waals surface area contributed by atoms with E-state index in [0.717, 1.165) is 30.1 Å². The van der Waals surface area contributed by atoms with E-state index in [2.05, 4.69) is 30.0 Å². The number of H-pyrrole nitrogens is 1. The van der Waals surface area contributed by atoms with Crippen molar-refractivity contribution in [2.45, 2.75) is 26.2 Å². The van der Waals surface area contributed by atoms with Gasteiger partial charge in [-0.2, -0.15) is 0 Å². The lowest BCUT2D eigenvalue weighted by Gasteiger charge is -1.91. The minimum absolute atomic E-state index is 0.916. The van der Waals surface area contributed by atoms with Gasteiger partial charge in [0.25, 0.3) is 0 Å². The summed E-state index contributed by atoms with van der Waals surface area (Å²) >= 11 is 0. The lowest BCUT2D eigenvalue weighted by molar-refractivity contribution is 0.762. The molecular weight excluding hydrogens is 184 g/mol. The molecule has 0 atom stereocenters. The van der Waals surface area contributed by atoms with Crippen LogP contribution in [0.15, 0.2) is 25.3 Å². The molecule has 0 saturated carbocycles. The Hall–Kier alpha value is -1.57. The molecule has 1 aromatic rings. The van der Waals surface area contributed by atoms with Crippen LogP contribution >= 0.6 is 0 Å². The maximum absolute atomic E-state index is 4.46. The number of imidazole rings is 1. The van der Waals surface area contributed by atoms with Gasteiger partial charge in [0.15, 0.2) is 0 Å². The Bertz CT molecular complexity index is 359. The Morgan fingerprint density at radius 3 is 2.80 bits per heavy atom. The van der Waals surface area contributed by atoms with Gasteiger partial charge in [-0.15, -0.1) is 0 Å². The van der Waals surface area contributed by atoms with E-state index in [0.29, 0.717) is 0 Å². The van der Waals surface area contributed by atoms with Gasteiger partial charge in [-0.25, -0.2) is 4.98 Å². The van der Waals surface area contributed by atoms with Crippen molar-refractivity contribution >= 4 is 12.2 Å². The average molecular weight is 202 g/mol. The third-order valence-electron chi connectivity index (χ3n) is 2.17. The van der Waals surface area contributed by atoms with Crippen molar-refractivity contribution in [3.05, 3.63) is 42.5 Å². The van der Waals surface area contributed by atoms with Gasteiger partial charge < -0.3 is 4.98 Å². The van der Waals surface area contributed by atoms with Crippen LogP contribution in [0.25, 0.3) is 12.2 Å². The normalized spacial score (nSPS) is 10.7. The first-order valence-electron chi connectivity index (χ1n) is 5.32. The molecule has 2 heteroatoms. The molecule has 0 radical (unpaired) electrons. The monoisotopic (exact) mass is 202 g/mol. The summed E-state index contributed by atoms with van der Waals surface area (Å²) in [5.41, 5.74) is 1.93. The fourth-order valence-electron chi connectivity index (χ4n) is 1.36. The Morgan fingerprint density at radius 1 is 1.40 bits per heavy atom. The third-order valence-corrected chi connectivity index (χ3v) is 2.17. The first-order valence-corrected chi connectivity index (χ1v) is 5.32. The zero-order chi connectivity index (χ0) is 11.1. The number of hydrogen-bond donors (Lipinski definition) is 1. The maximum atomic E-state index is 4.46. The van der Waals surface area contributed by atoms with Gasteiger partial charge in [0.1, 0.15) is 5.82 Å². The summed E-state index contributed by atoms with van der Waals surface area (Å²) in [5, 5.41) is 0. The number of aryl methyl sites for hydroxylation is 1. The highest BCUT2D eigenvalue weighted by Gasteiger charge is 2.03. The van der Waals surface area contributed by atoms with Crippen molar-refractivity contribution < 1.29 is 0 Å². The van der Waals surface area contributed by atoms with Crippen LogP contribution in [0, 0.1) is 0 Å². The number of rotatable bonds is 6. The molecule has 0 saturated heterocycles. The highest BCUT2D eigenvalue weighted by molar-refractivity contribution is 5.59. The molecule has 1 rings (SSSR count). The van der Waals surface area contributed by atoms with E-state index in [1.54, 1.807) is 12.2 Å². The van der Waals surface area contributed by atoms with E-state index in [4.69, 9.17) is 0 Å². The number of hydrogen-bond acceptors (Lipinski definition) is 1. The molecule has 0 aliphatic carbocycles. The number of aromatic nitrogens is 2. The Kier molecular flexibility index (Phi) is 4.61. The number of aromatic amines is 1. The molecule has 0 aliphatic heterocycles. The van der Waals surface area contributed by atoms with Gasteiger partial charge in [-0.1, -0.05) is 38.7 Å². The van der Waals surface area contributed by atoms with Crippen LogP contribution in [-0.2, 0) is 6.42 Å². The zero-order valence-electron chi connectivity index (χ0n) is 9.29. The molecule has 1 aromatic heterocycles. The second-order valence-electron chi connectivity index (χ2n) is 3.38. The summed E-state index contributed by atoms with van der Waals surface area (Å²) in [6.07, 6.45) is 10.7. The summed E-state index contributed by atoms with van der Waals surface area (Å²) in [5.74, 6) is 1.04. The zero-order valence-corrected chi connectivity index (χ0v) is 9.29. The van der Waals surface area contributed by atoms with E-state index in [1.807, 2.05) is 12.2 Å². The van der Waals surface area contributed by atoms with E-state index in [-0.39, 0.29) is 0 Å². The van der Waals surface area contributed by atoms with Gasteiger partial charge >= 0.3 is 0 Å². The van der Waals surface area contributed by atoms with Crippen LogP contribution in [0.2, 0.25) is 0 Å². The SMILES string of the molecule is C=C/C=C\c1[nH]c(CCCC)nc1C=C. The van der Waals surface area contributed by atoms with Crippen LogP contribution in [0.5, 0.6) is 0 Å². The number of allylic oxidation sites excluding steroid dienone is 2. The van der Waals surface area contributed by atoms with Crippen LogP contribution in [0.3, 0.4) is 0 Å². The van der Waals surface area contributed by atoms with Crippen molar-refractivity contribution in [2.24, 2.45) is 0 Å². The summed E-state index contributed by atoms with van der Waals surface area (Å²) < 4.78 is 0. The quantitative estimate of drug-likeness (QED) is 0.701. The first kappa shape index (κ1) is 11.5. The predicted octanol–water partition coefficient (Wildman–Crippen LogP) is 3.59. The number of nitrogens with zero attached hydrogens (tertiary/aromatic N) is 1. The Morgan fingerprint density at radius 2 is 2.20 bits per heavy atom. The van der Waals surface area contributed by atoms with Crippen LogP contribution in [-0.4, -0.2) is 9.97 Å². The van der Waals surface area contributed by atoms with Crippen molar-refractivity contribution in [1.82, 2.24) is 9.97 Å². The fourth-order valence-corrected chi connectivity index (χ4v) is 1.36. The van der Waals surface area contributed by atoms with Crippen molar-refractivity contribution in [3.8, 4) is 0 Å². The molecule has 1 heterocycles. The molecule has 1 N–H and O–H groups in total. The molecule has 2 nitrogen and oxygen atoms in total. The molecule has 0 aromatic carbocycles. The summed E-state index contributed by atoms with van der Waals surface area (Å²) in [7, 11) is 0. The molecule has 0 amide bonds. The minimum Gasteiger partial charge on any atom is -0.342 e. The Balaban J connectivity index is 2.84. The van der Waals surface area contributed by atoms with Crippen LogP contribution in [0.1, 0.15) is 37.0 Å². The first-order chi connectivity index (χ1) is 7.31. The van der Waals surface area contributed by atoms with E-state index < -0.39 is 0 Å². The molecule has 0 aliphatic rings. The maximum Gasteiger partial charge on any atom is 0.107 e. The van der Waals surface area contributed by atoms with Crippen molar-refractivity contribution in [2.75, 3.05) is 0 Å². The van der Waals surface area contributed by atoms with Gasteiger partial charge in [-0.3, -0.25) is 0 Å². The fraction of sp³-hybridized carbons (Fsp3) is 0.308. The molecule has 15 heavy (non-hydrogen) atoms. The number of nitrogens with one attached hydrogen (secondary N) is 1. The smallest absolute Gasteiger partial charge is 0.107 e. The lowest BCUT2D eigenvalue weighted by Crippen LogP contribution is -1.86. The molecule has 0 unspecified atom stereocenters. The van der Waals surface area contributed by atoms with Gasteiger partial charge in [-0.05, 0) is 18.6 Å². The molecule has 0 fully saturated rings. The van der Waals surface area contributed by atoms with Gasteiger partial charge in [0.05, 0.1) is 11.4 Å². The highest BCUT2D eigenvalue weighted by atomic mass is 14.9. The molecular formula is C13H18N2. The summed E-state index contributed by atoms with van der Waals surface area (Å²) in [4.78, 5) is 7.75. The van der Waals surface area contributed by atoms with Gasteiger partial charge in [0.2, 0.25) is 0 Å². The standard InChI is InChI=1S/C13H18N2/c1-4-7-9-12-11(6-3)14-13(15-12)10-8-5-2/h4,6-7,9H,1,3,5,8,10H2,2H3,(H,14,15)/b9-7-. The Labute approximate surface area is 91.4 Å². The predicted molar refractivity (Wildman–Crippen MR) is 66.5 cm³/mol. The molecule has 0 spiro atoms. The van der Waals surface area contributed by atoms with E-state index in [1.165, 1.54) is 6.42 Å². The average Bonchev–Trinajstić information content (AvgIpc) is 2.66. The number of unbranched alkanes of at least 4 members (excludes halogenated alkanes) is 1. The van der Waals surface area contributed by atoms with E-state index >= 15 is 0 Å². The summed E-state index contributed by atoms with van der Waals surface area (Å²) in [6.45, 7) is 9.57. The second-order valence-corrected chi connectivity index (χ2v) is 3.38. The van der Waals surface area contributed by atoms with E-state index in [9.17, 15) is 0 Å². The largest absolute Gasteiger partial charge is 0.342 e. The van der Waals surface area contributed by atoms with Crippen molar-refractivity contribution in [3.63, 3.8) is 0 Å². The van der Waals surface area contributed by atoms with Crippen molar-refractivity contribution in [1.29, 1.82) is 0 Å². The summed E-state index contributed by atoms with van der Waals surface area (Å²) in [6, 6.07) is 0. The van der Waals surface area contributed by atoms with Crippen LogP contribution in [0.4, 0.5) is 0 Å². The van der Waals surface area contributed by atoms with Gasteiger partial charge in [0, 0.05) is 6.42 Å². The second kappa shape index (κ2) is 6.02. The lowest BCUT2D eigenvalue weighted by atomic mass is 10.2. The topological polar surface area (TPSA) is 28.7 Å². The molecule has 80 valence electrons. The third kappa shape index (κ3) is 3.24.